The fourth-order valence-electron chi connectivity index (χ4n) is 6.60. The zero-order chi connectivity index (χ0) is 34.4. The summed E-state index contributed by atoms with van der Waals surface area (Å²) in [4.78, 5) is 24.5. The standard InChI is InChI=1S/C35H57O10P.K/c1-21(2)12-9-13-22(3)14-10-15-23(4)16-11-18-35(8)19-17-27-26(7)31(24(5)25(6)32(27)43-35)45-46(40,41)44-28(20-36)33-29(37)30(38)34(39)42-33;/h21-23,28,33,36-38H,9-20H2,1-8H3,(H,40,41);/q;+1/p-1/t22?,23?,28-,33+,35?;/m0./s1. The Morgan fingerprint density at radius 3 is 2.06 bits per heavy atom. The minimum absolute atomic E-state index is 0. The first-order valence-corrected chi connectivity index (χ1v) is 18.4. The number of phosphoric acid groups is 1. The maximum atomic E-state index is 13.0. The number of aliphatic hydroxyl groups excluding tert-OH is 3. The molecule has 3 N–H and O–H groups in total. The summed E-state index contributed by atoms with van der Waals surface area (Å²) in [7, 11) is -5.15. The van der Waals surface area contributed by atoms with E-state index >= 15 is 0 Å². The number of rotatable bonds is 18. The van der Waals surface area contributed by atoms with Gasteiger partial charge in [-0.05, 0) is 87.8 Å². The second kappa shape index (κ2) is 18.6. The van der Waals surface area contributed by atoms with E-state index in [0.717, 1.165) is 54.4 Å². The van der Waals surface area contributed by atoms with Crippen molar-refractivity contribution in [2.75, 3.05) is 6.61 Å². The number of carbonyl (C=O) groups excluding carboxylic acids is 1. The monoisotopic (exact) mass is 706 g/mol. The van der Waals surface area contributed by atoms with Gasteiger partial charge in [-0.2, -0.15) is 0 Å². The van der Waals surface area contributed by atoms with E-state index < -0.39 is 44.1 Å². The summed E-state index contributed by atoms with van der Waals surface area (Å²) in [6.07, 6.45) is 9.08. The molecule has 0 aromatic heterocycles. The topological polar surface area (TPSA) is 155 Å². The molecule has 0 spiro atoms. The van der Waals surface area contributed by atoms with Crippen molar-refractivity contribution in [3.63, 3.8) is 0 Å². The number of benzene rings is 1. The number of hydrogen-bond donors (Lipinski definition) is 3. The maximum absolute atomic E-state index is 13.0. The quantitative estimate of drug-likeness (QED) is 0.112. The van der Waals surface area contributed by atoms with Crippen LogP contribution >= 0.6 is 7.82 Å². The summed E-state index contributed by atoms with van der Waals surface area (Å²) in [5.41, 5.74) is 2.50. The zero-order valence-corrected chi connectivity index (χ0v) is 34.0. The van der Waals surface area contributed by atoms with Crippen molar-refractivity contribution in [3.05, 3.63) is 33.8 Å². The molecule has 0 saturated heterocycles. The maximum Gasteiger partial charge on any atom is 1.00 e. The zero-order valence-electron chi connectivity index (χ0n) is 30.0. The molecule has 2 heterocycles. The normalized spacial score (nSPS) is 22.5. The van der Waals surface area contributed by atoms with Gasteiger partial charge in [0, 0.05) is 5.56 Å². The van der Waals surface area contributed by atoms with Gasteiger partial charge in [0.1, 0.15) is 23.2 Å². The van der Waals surface area contributed by atoms with Crippen molar-refractivity contribution in [2.24, 2.45) is 17.8 Å². The Kier molecular flexibility index (Phi) is 16.8. The molecule has 2 aliphatic heterocycles. The smallest absolute Gasteiger partial charge is 0.746 e. The second-order valence-electron chi connectivity index (χ2n) is 14.3. The van der Waals surface area contributed by atoms with E-state index in [1.807, 2.05) is 6.92 Å². The van der Waals surface area contributed by atoms with E-state index in [-0.39, 0.29) is 62.7 Å². The first kappa shape index (κ1) is 42.5. The molecule has 0 fully saturated rings. The van der Waals surface area contributed by atoms with Gasteiger partial charge in [0.25, 0.3) is 0 Å². The molecule has 12 heteroatoms. The molecular formula is C35H56KO10P. The molecule has 0 amide bonds. The molecule has 6 atom stereocenters. The Morgan fingerprint density at radius 1 is 0.957 bits per heavy atom. The minimum atomic E-state index is -5.15. The fourth-order valence-corrected chi connectivity index (χ4v) is 7.65. The van der Waals surface area contributed by atoms with Crippen LogP contribution in [0.3, 0.4) is 0 Å². The van der Waals surface area contributed by atoms with Crippen LogP contribution in [0.1, 0.15) is 121 Å². The van der Waals surface area contributed by atoms with Gasteiger partial charge < -0.3 is 34.2 Å². The Labute approximate surface area is 324 Å². The van der Waals surface area contributed by atoms with Crippen LogP contribution in [0.15, 0.2) is 11.5 Å². The summed E-state index contributed by atoms with van der Waals surface area (Å²) >= 11 is 0. The summed E-state index contributed by atoms with van der Waals surface area (Å²) < 4.78 is 34.8. The van der Waals surface area contributed by atoms with Crippen molar-refractivity contribution in [1.29, 1.82) is 0 Å². The molecule has 1 aromatic rings. The van der Waals surface area contributed by atoms with Crippen molar-refractivity contribution in [3.8, 4) is 11.5 Å². The Morgan fingerprint density at radius 2 is 1.53 bits per heavy atom. The second-order valence-corrected chi connectivity index (χ2v) is 15.6. The Hall–Kier alpha value is -0.624. The number of esters is 1. The third-order valence-electron chi connectivity index (χ3n) is 9.76. The molecule has 3 rings (SSSR count). The number of phosphoric ester groups is 1. The molecule has 1 aromatic carbocycles. The molecular weight excluding hydrogens is 650 g/mol. The molecule has 0 radical (unpaired) electrons. The van der Waals surface area contributed by atoms with E-state index in [2.05, 4.69) is 34.6 Å². The third-order valence-corrected chi connectivity index (χ3v) is 10.7. The van der Waals surface area contributed by atoms with Crippen molar-refractivity contribution in [2.45, 2.75) is 144 Å². The van der Waals surface area contributed by atoms with E-state index in [1.54, 1.807) is 13.8 Å². The average molecular weight is 707 g/mol. The number of aliphatic hydroxyl groups is 3. The van der Waals surface area contributed by atoms with Crippen LogP contribution in [0.25, 0.3) is 0 Å². The van der Waals surface area contributed by atoms with Gasteiger partial charge in [-0.3, -0.25) is 9.09 Å². The van der Waals surface area contributed by atoms with Gasteiger partial charge in [-0.25, -0.2) is 4.79 Å². The molecule has 0 aliphatic carbocycles. The van der Waals surface area contributed by atoms with E-state index in [4.69, 9.17) is 18.5 Å². The fraction of sp³-hybridized carbons (Fsp3) is 0.743. The predicted octanol–water partition coefficient (Wildman–Crippen LogP) is 4.62. The molecule has 0 saturated carbocycles. The average Bonchev–Trinajstić information content (AvgIpc) is 3.23. The van der Waals surface area contributed by atoms with Crippen molar-refractivity contribution < 1.29 is 99.5 Å². The summed E-state index contributed by atoms with van der Waals surface area (Å²) in [6.45, 7) is 15.9. The van der Waals surface area contributed by atoms with E-state index in [0.29, 0.717) is 23.5 Å². The summed E-state index contributed by atoms with van der Waals surface area (Å²) in [5, 5.41) is 29.2. The molecule has 4 unspecified atom stereocenters. The summed E-state index contributed by atoms with van der Waals surface area (Å²) in [6, 6.07) is 0. The van der Waals surface area contributed by atoms with Crippen molar-refractivity contribution >= 4 is 13.8 Å². The van der Waals surface area contributed by atoms with Crippen LogP contribution in [0.5, 0.6) is 11.5 Å². The number of fused-ring (bicyclic) bond motifs is 1. The van der Waals surface area contributed by atoms with Crippen LogP contribution in [-0.2, 0) is 25.0 Å². The first-order chi connectivity index (χ1) is 21.5. The van der Waals surface area contributed by atoms with Crippen LogP contribution in [0.4, 0.5) is 0 Å². The Balaban J connectivity index is 0.00000768. The minimum Gasteiger partial charge on any atom is -0.746 e. The van der Waals surface area contributed by atoms with Crippen LogP contribution in [-0.4, -0.2) is 45.7 Å². The summed E-state index contributed by atoms with van der Waals surface area (Å²) in [5.74, 6) is -0.119. The number of cyclic esters (lactones) is 1. The molecule has 10 nitrogen and oxygen atoms in total. The number of hydrogen-bond acceptors (Lipinski definition) is 10. The number of ether oxygens (including phenoxy) is 2. The van der Waals surface area contributed by atoms with Crippen molar-refractivity contribution in [1.82, 2.24) is 0 Å². The van der Waals surface area contributed by atoms with Gasteiger partial charge >= 0.3 is 65.2 Å². The van der Waals surface area contributed by atoms with E-state index in [1.165, 1.54) is 38.5 Å². The first-order valence-electron chi connectivity index (χ1n) is 16.9. The van der Waals surface area contributed by atoms with Gasteiger partial charge in [0.05, 0.1) is 6.61 Å². The van der Waals surface area contributed by atoms with Gasteiger partial charge in [0.15, 0.2) is 11.9 Å². The van der Waals surface area contributed by atoms with Gasteiger partial charge in [0.2, 0.25) is 5.76 Å². The molecule has 0 bridgehead atoms. The number of carbonyl (C=O) groups is 1. The van der Waals surface area contributed by atoms with Gasteiger partial charge in [-0.15, -0.1) is 0 Å². The molecule has 2 aliphatic rings. The molecule has 262 valence electrons. The third kappa shape index (κ3) is 11.7. The SMILES string of the molecule is Cc1c(C)c2c(c(C)c1OP(=O)([O-])O[C@@H](CO)[C@H]1OC(=O)C(O)=C1O)CCC(C)(CCCC(C)CCCC(C)CCCC(C)C)O2.[K+]. The van der Waals surface area contributed by atoms with Crippen LogP contribution in [0, 0.1) is 38.5 Å². The van der Waals surface area contributed by atoms with Crippen LogP contribution in [0.2, 0.25) is 0 Å². The molecule has 47 heavy (non-hydrogen) atoms. The largest absolute Gasteiger partial charge is 1.00 e. The van der Waals surface area contributed by atoms with Gasteiger partial charge in [-0.1, -0.05) is 72.6 Å². The predicted molar refractivity (Wildman–Crippen MR) is 175 cm³/mol. The van der Waals surface area contributed by atoms with Crippen LogP contribution < -0.4 is 65.5 Å². The van der Waals surface area contributed by atoms with E-state index in [9.17, 15) is 29.6 Å². The Bertz CT molecular complexity index is 1300.